The number of carbonyl (C=O) groups excluding carboxylic acids is 6. The van der Waals surface area contributed by atoms with Gasteiger partial charge in [-0.2, -0.15) is 0 Å². The molecule has 0 bridgehead atoms. The van der Waals surface area contributed by atoms with E-state index in [1.165, 1.54) is 289 Å². The zero-order valence-corrected chi connectivity index (χ0v) is 82.8. The molecular weight excluding hydrogens is 1420 g/mol. The number of Topliss-reactive ketones (excluding diaryl/α,β-unsaturated/α-hetero) is 6. The largest absolute Gasteiger partial charge is 0.381 e. The fourth-order valence-electron chi connectivity index (χ4n) is 10.1. The van der Waals surface area contributed by atoms with E-state index in [-0.39, 0.29) is 17.3 Å². The van der Waals surface area contributed by atoms with Crippen LogP contribution in [-0.4, -0.2) is 114 Å². The average Bonchev–Trinajstić information content (AvgIpc) is 1.72. The predicted octanol–water partition coefficient (Wildman–Crippen LogP) is 33.2. The smallest absolute Gasteiger partial charge is 0.132 e. The molecule has 0 N–H and O–H groups in total. The van der Waals surface area contributed by atoms with Crippen LogP contribution >= 0.6 is 0 Å². The van der Waals surface area contributed by atoms with Crippen molar-refractivity contribution in [3.8, 4) is 0 Å². The minimum atomic E-state index is 0.171. The Morgan fingerprint density at radius 2 is 0.254 bits per heavy atom. The third-order valence-corrected chi connectivity index (χ3v) is 17.3. The van der Waals surface area contributed by atoms with Gasteiger partial charge in [-0.05, 0) is 99.3 Å². The third-order valence-electron chi connectivity index (χ3n) is 17.3. The van der Waals surface area contributed by atoms with E-state index >= 15 is 0 Å². The summed E-state index contributed by atoms with van der Waals surface area (Å²) in [5, 5.41) is 0. The summed E-state index contributed by atoms with van der Waals surface area (Å²) >= 11 is 0. The van der Waals surface area contributed by atoms with Crippen LogP contribution in [0, 0.1) is 0 Å². The first-order chi connectivity index (χ1) is 55.1. The van der Waals surface area contributed by atoms with Gasteiger partial charge in [-0.1, -0.05) is 414 Å². The first-order valence-corrected chi connectivity index (χ1v) is 49.5. The van der Waals surface area contributed by atoms with E-state index in [9.17, 15) is 28.8 Å². The average molecular weight is 1630 g/mol. The quantitative estimate of drug-likeness (QED) is 0.0532. The SMILES string of the molecule is CCC.CCC(C)=O.CCCCCCCCC.CCCCCCCCC(C)=O.CCCCCCCCCC.CCCCCCCCCC(C)=O.CCCCCCCCCCCC.CCCCCCCCCCCC(C)=O.CCCOCCC.CCCOCCC(C)=O.CCCOCCOCCC.CCCOCCOCCC(C)=O. The van der Waals surface area contributed by atoms with Crippen LogP contribution in [0.4, 0.5) is 0 Å². The van der Waals surface area contributed by atoms with Gasteiger partial charge in [-0.3, -0.25) is 9.59 Å². The van der Waals surface area contributed by atoms with Crippen molar-refractivity contribution in [2.45, 2.75) is 551 Å². The van der Waals surface area contributed by atoms with E-state index in [1.807, 2.05) is 13.8 Å². The molecule has 0 aromatic heterocycles. The molecule has 114 heavy (non-hydrogen) atoms. The maximum absolute atomic E-state index is 10.7. The Morgan fingerprint density at radius 3 is 0.377 bits per heavy atom. The van der Waals surface area contributed by atoms with E-state index in [0.29, 0.717) is 63.0 Å². The van der Waals surface area contributed by atoms with Crippen LogP contribution in [0.25, 0.3) is 0 Å². The maximum atomic E-state index is 10.7. The second-order valence-corrected chi connectivity index (χ2v) is 31.1. The molecule has 0 spiro atoms. The van der Waals surface area contributed by atoms with Crippen LogP contribution in [0.5, 0.6) is 0 Å². The Hall–Kier alpha value is -2.22. The first kappa shape index (κ1) is 138. The van der Waals surface area contributed by atoms with Gasteiger partial charge in [0.05, 0.1) is 39.6 Å². The monoisotopic (exact) mass is 1630 g/mol. The number of hydrogen-bond acceptors (Lipinski definition) is 12. The summed E-state index contributed by atoms with van der Waals surface area (Å²) in [5.41, 5.74) is 0. The van der Waals surface area contributed by atoms with Gasteiger partial charge >= 0.3 is 0 Å². The number of hydrogen-bond donors (Lipinski definition) is 0. The number of rotatable bonds is 72. The van der Waals surface area contributed by atoms with E-state index in [4.69, 9.17) is 28.4 Å². The zero-order chi connectivity index (χ0) is 88.6. The lowest BCUT2D eigenvalue weighted by Gasteiger charge is -2.03. The van der Waals surface area contributed by atoms with Crippen molar-refractivity contribution in [3.05, 3.63) is 0 Å². The van der Waals surface area contributed by atoms with Gasteiger partial charge in [0, 0.05) is 78.2 Å². The van der Waals surface area contributed by atoms with Crippen molar-refractivity contribution >= 4 is 34.7 Å². The van der Waals surface area contributed by atoms with Gasteiger partial charge in [-0.15, -0.1) is 0 Å². The molecular formula is C102H216O12. The second kappa shape index (κ2) is 152. The van der Waals surface area contributed by atoms with Crippen LogP contribution in [0.3, 0.4) is 0 Å². The highest BCUT2D eigenvalue weighted by atomic mass is 16.5. The Balaban J connectivity index is -0.000000101. The summed E-state index contributed by atoms with van der Waals surface area (Å²) in [5.74, 6) is 1.64. The van der Waals surface area contributed by atoms with Crippen molar-refractivity contribution in [2.24, 2.45) is 0 Å². The molecule has 12 nitrogen and oxygen atoms in total. The maximum Gasteiger partial charge on any atom is 0.132 e. The first-order valence-electron chi connectivity index (χ1n) is 49.5. The van der Waals surface area contributed by atoms with Crippen LogP contribution in [0.1, 0.15) is 551 Å². The number of carbonyl (C=O) groups is 6. The van der Waals surface area contributed by atoms with Gasteiger partial charge in [0.1, 0.15) is 34.7 Å². The summed E-state index contributed by atoms with van der Waals surface area (Å²) in [7, 11) is 0. The van der Waals surface area contributed by atoms with Gasteiger partial charge in [-0.25, -0.2) is 0 Å². The van der Waals surface area contributed by atoms with Crippen LogP contribution in [0.15, 0.2) is 0 Å². The van der Waals surface area contributed by atoms with Crippen LogP contribution < -0.4 is 0 Å². The van der Waals surface area contributed by atoms with Crippen molar-refractivity contribution < 1.29 is 57.2 Å². The summed E-state index contributed by atoms with van der Waals surface area (Å²) in [6, 6.07) is 0. The molecule has 0 radical (unpaired) electrons. The Labute approximate surface area is 718 Å². The van der Waals surface area contributed by atoms with Crippen molar-refractivity contribution in [3.63, 3.8) is 0 Å². The van der Waals surface area contributed by atoms with Gasteiger partial charge in [0.15, 0.2) is 0 Å². The molecule has 0 aromatic carbocycles. The Kier molecular flexibility index (Phi) is 183. The summed E-state index contributed by atoms with van der Waals surface area (Å²) in [6.07, 6.45) is 76.4. The topological polar surface area (TPSA) is 158 Å². The lowest BCUT2D eigenvalue weighted by Crippen LogP contribution is -2.07. The fourth-order valence-corrected chi connectivity index (χ4v) is 10.1. The van der Waals surface area contributed by atoms with Crippen LogP contribution in [0.2, 0.25) is 0 Å². The summed E-state index contributed by atoms with van der Waals surface area (Å²) < 4.78 is 30.9. The minimum absolute atomic E-state index is 0.171. The zero-order valence-electron chi connectivity index (χ0n) is 82.8. The normalized spacial score (nSPS) is 9.89. The van der Waals surface area contributed by atoms with Crippen molar-refractivity contribution in [1.82, 2.24) is 0 Å². The van der Waals surface area contributed by atoms with Gasteiger partial charge < -0.3 is 47.6 Å². The van der Waals surface area contributed by atoms with E-state index in [2.05, 4.69) is 111 Å². The lowest BCUT2D eigenvalue weighted by atomic mass is 10.1. The predicted molar refractivity (Wildman–Crippen MR) is 508 cm³/mol. The summed E-state index contributed by atoms with van der Waals surface area (Å²) in [4.78, 5) is 62.4. The number of ether oxygens (including phenoxy) is 6. The molecule has 0 aliphatic rings. The molecule has 0 fully saturated rings. The van der Waals surface area contributed by atoms with Crippen LogP contribution in [-0.2, 0) is 57.2 Å². The van der Waals surface area contributed by atoms with Crippen molar-refractivity contribution in [2.75, 3.05) is 79.3 Å². The van der Waals surface area contributed by atoms with E-state index in [1.54, 1.807) is 41.5 Å². The Morgan fingerprint density at radius 1 is 0.140 bits per heavy atom. The number of ketones is 6. The lowest BCUT2D eigenvalue weighted by molar-refractivity contribution is -0.119. The van der Waals surface area contributed by atoms with Gasteiger partial charge in [0.25, 0.3) is 0 Å². The second-order valence-electron chi connectivity index (χ2n) is 31.1. The molecule has 0 aliphatic carbocycles. The molecule has 0 saturated carbocycles. The highest BCUT2D eigenvalue weighted by molar-refractivity contribution is 5.76. The molecule has 0 heterocycles. The standard InChI is InChI=1S/C13H26O.C12H26.C11H22O.C10H20O.C10H22.C9H18O3.C9H20.C8H18O2.C7H14O2.C6H14O.C4H8O.C3H8/c1-3-4-5-6-7-8-9-10-11-12-13(2)14;1-3-5-7-9-11-12-10-8-6-4-2;1-3-4-5-6-7-8-9-10-11(2)12;1-3-4-5-6-7-8-9-10(2)11;1-3-5-7-9-10-8-6-4-2;1-3-5-11-7-8-12-6-4-9(2)10;1-3-5-7-9-8-6-4-2;1-3-5-9-7-8-10-6-4-2;1-3-5-9-6-4-7(2)8;1-3-5-7-6-4-2;1-3-4(2)5;1-3-2/h3-12H2,1-2H3;3-12H2,1-2H3;3-10H2,1-2H3;3-9H2,1-2H3;3-10H2,1-2H3;3-8H2,1-2H3;3-9H2,1-2H3;3-8H2,1-2H3;3-6H2,1-2H3;3-6H2,1-2H3;3H2,1-2H3;3H2,1-2H3. The van der Waals surface area contributed by atoms with E-state index < -0.39 is 0 Å². The molecule has 0 amide bonds. The highest BCUT2D eigenvalue weighted by Gasteiger charge is 1.99. The fraction of sp³-hybridized carbons (Fsp3) is 0.941. The molecule has 0 unspecified atom stereocenters. The highest BCUT2D eigenvalue weighted by Crippen LogP contribution is 2.14. The van der Waals surface area contributed by atoms with Gasteiger partial charge in [0.2, 0.25) is 0 Å². The summed E-state index contributed by atoms with van der Waals surface area (Å²) in [6.45, 7) is 57.7. The van der Waals surface area contributed by atoms with E-state index in [0.717, 1.165) is 130 Å². The molecule has 696 valence electrons. The Bertz CT molecular complexity index is 1510. The molecule has 0 aliphatic heterocycles. The molecule has 12 heteroatoms. The van der Waals surface area contributed by atoms with Crippen molar-refractivity contribution in [1.29, 1.82) is 0 Å². The molecule has 0 rings (SSSR count). The third kappa shape index (κ3) is 226. The minimum Gasteiger partial charge on any atom is -0.381 e. The molecule has 0 atom stereocenters. The number of unbranched alkanes of at least 4 members (excludes halogenated alkanes) is 41. The molecule has 0 saturated heterocycles. The molecule has 0 aromatic rings.